The number of nitrogens with zero attached hydrogens (tertiary/aromatic N) is 3. The third kappa shape index (κ3) is 3.70. The third-order valence-corrected chi connectivity index (χ3v) is 2.21. The highest BCUT2D eigenvalue weighted by Gasteiger charge is 2.07. The van der Waals surface area contributed by atoms with Crippen molar-refractivity contribution < 1.29 is 0 Å². The number of hydrogen-bond donors (Lipinski definition) is 1. The zero-order valence-corrected chi connectivity index (χ0v) is 11.2. The largest absolute Gasteiger partial charge is 0.330 e. The lowest BCUT2D eigenvalue weighted by Crippen LogP contribution is -2.04. The van der Waals surface area contributed by atoms with Crippen molar-refractivity contribution in [3.05, 3.63) is 36.2 Å². The van der Waals surface area contributed by atoms with Gasteiger partial charge in [-0.2, -0.15) is 5.10 Å². The molecule has 0 saturated carbocycles. The van der Waals surface area contributed by atoms with E-state index in [1.54, 1.807) is 4.68 Å². The molecule has 0 aliphatic carbocycles. The average molecular weight is 275 g/mol. The predicted octanol–water partition coefficient (Wildman–Crippen LogP) is 1.83. The Hall–Kier alpha value is -1.10. The molecule has 0 unspecified atom stereocenters. The molecule has 0 fully saturated rings. The van der Waals surface area contributed by atoms with Crippen LogP contribution in [0.25, 0.3) is 11.4 Å². The zero-order chi connectivity index (χ0) is 10.7. The Bertz CT molecular complexity index is 442. The molecule has 0 atom stereocenters. The van der Waals surface area contributed by atoms with Crippen molar-refractivity contribution >= 4 is 24.8 Å². The molecule has 17 heavy (non-hydrogen) atoms. The molecule has 0 saturated heterocycles. The molecule has 2 N–H and O–H groups in total. The molecule has 1 aromatic heterocycles. The van der Waals surface area contributed by atoms with E-state index in [4.69, 9.17) is 5.73 Å². The van der Waals surface area contributed by atoms with Crippen molar-refractivity contribution in [3.63, 3.8) is 0 Å². The monoisotopic (exact) mass is 274 g/mol. The molecular formula is C11H16Cl2N4. The molecule has 0 amide bonds. The molecule has 1 heterocycles. The van der Waals surface area contributed by atoms with E-state index in [1.807, 2.05) is 37.4 Å². The van der Waals surface area contributed by atoms with Crippen molar-refractivity contribution in [2.45, 2.75) is 6.42 Å². The lowest BCUT2D eigenvalue weighted by atomic mass is 10.2. The van der Waals surface area contributed by atoms with Gasteiger partial charge < -0.3 is 5.73 Å². The van der Waals surface area contributed by atoms with Crippen LogP contribution in [0.4, 0.5) is 0 Å². The molecule has 0 aliphatic rings. The van der Waals surface area contributed by atoms with Gasteiger partial charge in [-0.05, 0) is 6.54 Å². The summed E-state index contributed by atoms with van der Waals surface area (Å²) < 4.78 is 1.79. The minimum atomic E-state index is 0. The Balaban J connectivity index is 0.00000128. The molecule has 0 bridgehead atoms. The highest BCUT2D eigenvalue weighted by atomic mass is 35.5. The van der Waals surface area contributed by atoms with E-state index in [-0.39, 0.29) is 24.8 Å². The number of halogens is 2. The molecule has 0 radical (unpaired) electrons. The van der Waals surface area contributed by atoms with Gasteiger partial charge >= 0.3 is 0 Å². The van der Waals surface area contributed by atoms with Crippen LogP contribution in [0.15, 0.2) is 30.3 Å². The van der Waals surface area contributed by atoms with E-state index in [2.05, 4.69) is 10.1 Å². The fraction of sp³-hybridized carbons (Fsp3) is 0.273. The summed E-state index contributed by atoms with van der Waals surface area (Å²) in [5.74, 6) is 1.69. The highest BCUT2D eigenvalue weighted by Crippen LogP contribution is 2.15. The summed E-state index contributed by atoms with van der Waals surface area (Å²) in [5, 5.41) is 4.30. The van der Waals surface area contributed by atoms with E-state index >= 15 is 0 Å². The van der Waals surface area contributed by atoms with Gasteiger partial charge in [-0.15, -0.1) is 24.8 Å². The lowest BCUT2D eigenvalue weighted by molar-refractivity contribution is 0.744. The minimum Gasteiger partial charge on any atom is -0.330 e. The lowest BCUT2D eigenvalue weighted by Gasteiger charge is -1.97. The second-order valence-electron chi connectivity index (χ2n) is 3.38. The first-order valence-electron chi connectivity index (χ1n) is 4.96. The molecule has 94 valence electrons. The van der Waals surface area contributed by atoms with Gasteiger partial charge in [0.05, 0.1) is 0 Å². The summed E-state index contributed by atoms with van der Waals surface area (Å²) >= 11 is 0. The van der Waals surface area contributed by atoms with E-state index in [9.17, 15) is 0 Å². The van der Waals surface area contributed by atoms with Crippen LogP contribution in [0.5, 0.6) is 0 Å². The van der Waals surface area contributed by atoms with Gasteiger partial charge in [0.15, 0.2) is 11.6 Å². The second kappa shape index (κ2) is 7.27. The van der Waals surface area contributed by atoms with Crippen LogP contribution in [0, 0.1) is 0 Å². The molecule has 2 aromatic rings. The molecular weight excluding hydrogens is 259 g/mol. The predicted molar refractivity (Wildman–Crippen MR) is 73.7 cm³/mol. The van der Waals surface area contributed by atoms with E-state index in [1.165, 1.54) is 0 Å². The maximum Gasteiger partial charge on any atom is 0.158 e. The third-order valence-electron chi connectivity index (χ3n) is 2.21. The Labute approximate surface area is 113 Å². The number of nitrogens with two attached hydrogens (primary N) is 1. The number of hydrogen-bond acceptors (Lipinski definition) is 3. The van der Waals surface area contributed by atoms with Crippen molar-refractivity contribution in [1.82, 2.24) is 14.8 Å². The summed E-state index contributed by atoms with van der Waals surface area (Å²) in [5.41, 5.74) is 6.55. The van der Waals surface area contributed by atoms with Gasteiger partial charge in [0.25, 0.3) is 0 Å². The van der Waals surface area contributed by atoms with Crippen LogP contribution in [-0.4, -0.2) is 21.3 Å². The first kappa shape index (κ1) is 15.9. The second-order valence-corrected chi connectivity index (χ2v) is 3.38. The molecule has 1 aromatic carbocycles. The van der Waals surface area contributed by atoms with Gasteiger partial charge in [0.2, 0.25) is 0 Å². The molecule has 2 rings (SSSR count). The van der Waals surface area contributed by atoms with E-state index in [0.717, 1.165) is 23.6 Å². The van der Waals surface area contributed by atoms with Gasteiger partial charge in [0, 0.05) is 19.0 Å². The molecule has 4 nitrogen and oxygen atoms in total. The van der Waals surface area contributed by atoms with Crippen molar-refractivity contribution in [2.24, 2.45) is 12.8 Å². The van der Waals surface area contributed by atoms with Crippen LogP contribution < -0.4 is 5.73 Å². The van der Waals surface area contributed by atoms with E-state index in [0.29, 0.717) is 6.54 Å². The topological polar surface area (TPSA) is 56.7 Å². The average Bonchev–Trinajstić information content (AvgIpc) is 2.61. The standard InChI is InChI=1S/C11H14N4.2ClH/c1-15-11(9-5-3-2-4-6-9)13-10(14-15)7-8-12;;/h2-6H,7-8,12H2,1H3;2*1H. The number of aromatic nitrogens is 3. The van der Waals surface area contributed by atoms with E-state index < -0.39 is 0 Å². The summed E-state index contributed by atoms with van der Waals surface area (Å²) in [6.45, 7) is 0.582. The summed E-state index contributed by atoms with van der Waals surface area (Å²) in [7, 11) is 1.90. The maximum absolute atomic E-state index is 5.47. The van der Waals surface area contributed by atoms with Crippen LogP contribution in [0.2, 0.25) is 0 Å². The van der Waals surface area contributed by atoms with Gasteiger partial charge in [-0.1, -0.05) is 30.3 Å². The normalized spacial score (nSPS) is 9.29. The first-order valence-corrected chi connectivity index (χ1v) is 4.96. The Morgan fingerprint density at radius 2 is 1.82 bits per heavy atom. The minimum absolute atomic E-state index is 0. The van der Waals surface area contributed by atoms with Gasteiger partial charge in [-0.25, -0.2) is 9.67 Å². The molecule has 0 aliphatic heterocycles. The van der Waals surface area contributed by atoms with Crippen LogP contribution in [0.3, 0.4) is 0 Å². The van der Waals surface area contributed by atoms with Crippen molar-refractivity contribution in [1.29, 1.82) is 0 Å². The van der Waals surface area contributed by atoms with Crippen molar-refractivity contribution in [3.8, 4) is 11.4 Å². The summed E-state index contributed by atoms with van der Waals surface area (Å²) in [6, 6.07) is 10.0. The van der Waals surface area contributed by atoms with Crippen molar-refractivity contribution in [2.75, 3.05) is 6.54 Å². The number of aryl methyl sites for hydroxylation is 1. The quantitative estimate of drug-likeness (QED) is 0.929. The number of rotatable bonds is 3. The Morgan fingerprint density at radius 3 is 2.41 bits per heavy atom. The fourth-order valence-electron chi connectivity index (χ4n) is 1.51. The highest BCUT2D eigenvalue weighted by molar-refractivity contribution is 5.85. The van der Waals surface area contributed by atoms with Crippen LogP contribution in [0.1, 0.15) is 5.82 Å². The van der Waals surface area contributed by atoms with Gasteiger partial charge in [0.1, 0.15) is 0 Å². The fourth-order valence-corrected chi connectivity index (χ4v) is 1.51. The smallest absolute Gasteiger partial charge is 0.158 e. The molecule has 0 spiro atoms. The summed E-state index contributed by atoms with van der Waals surface area (Å²) in [4.78, 5) is 4.44. The SMILES string of the molecule is Cl.Cl.Cn1nc(CCN)nc1-c1ccccc1. The Kier molecular flexibility index (Phi) is 6.80. The number of benzene rings is 1. The zero-order valence-electron chi connectivity index (χ0n) is 9.54. The van der Waals surface area contributed by atoms with Crippen LogP contribution in [-0.2, 0) is 13.5 Å². The summed E-state index contributed by atoms with van der Waals surface area (Å²) in [6.07, 6.45) is 0.723. The van der Waals surface area contributed by atoms with Gasteiger partial charge in [-0.3, -0.25) is 0 Å². The maximum atomic E-state index is 5.47. The molecule has 6 heteroatoms. The Morgan fingerprint density at radius 1 is 1.18 bits per heavy atom. The van der Waals surface area contributed by atoms with Crippen LogP contribution >= 0.6 is 24.8 Å². The first-order chi connectivity index (χ1) is 7.31.